The summed E-state index contributed by atoms with van der Waals surface area (Å²) in [6.07, 6.45) is 0. The van der Waals surface area contributed by atoms with Gasteiger partial charge in [0, 0.05) is 37.1 Å². The predicted molar refractivity (Wildman–Crippen MR) is 131 cm³/mol. The average molecular weight is 500 g/mol. The van der Waals surface area contributed by atoms with Crippen LogP contribution in [-0.4, -0.2) is 47.3 Å². The molecule has 0 aliphatic carbocycles. The quantitative estimate of drug-likeness (QED) is 0.418. The van der Waals surface area contributed by atoms with Gasteiger partial charge in [0.1, 0.15) is 0 Å². The van der Waals surface area contributed by atoms with Gasteiger partial charge < -0.3 is 4.98 Å². The van der Waals surface area contributed by atoms with Crippen LogP contribution in [0.4, 0.5) is 5.13 Å². The molecule has 0 unspecified atom stereocenters. The van der Waals surface area contributed by atoms with Gasteiger partial charge in [-0.1, -0.05) is 12.1 Å². The molecule has 0 aliphatic rings. The van der Waals surface area contributed by atoms with Crippen LogP contribution in [0.2, 0.25) is 0 Å². The highest BCUT2D eigenvalue weighted by Crippen LogP contribution is 2.27. The number of aromatic amines is 1. The summed E-state index contributed by atoms with van der Waals surface area (Å²) < 4.78 is 26.7. The molecule has 34 heavy (non-hydrogen) atoms. The molecule has 0 bridgehead atoms. The number of H-pyrrole nitrogens is 1. The Morgan fingerprint density at radius 2 is 1.85 bits per heavy atom. The fourth-order valence-corrected chi connectivity index (χ4v) is 4.94. The maximum absolute atomic E-state index is 12.7. The molecule has 2 N–H and O–H groups in total. The van der Waals surface area contributed by atoms with Crippen LogP contribution in [0, 0.1) is 0 Å². The van der Waals surface area contributed by atoms with Crippen molar-refractivity contribution in [2.24, 2.45) is 0 Å². The van der Waals surface area contributed by atoms with Crippen molar-refractivity contribution in [1.82, 2.24) is 18.8 Å². The second kappa shape index (κ2) is 8.97. The minimum Gasteiger partial charge on any atom is -0.307 e. The number of carbonyl (C=O) groups excluding carboxylic acids is 1. The van der Waals surface area contributed by atoms with Gasteiger partial charge in [-0.05, 0) is 37.3 Å². The summed E-state index contributed by atoms with van der Waals surface area (Å²) in [7, 11) is -0.597. The van der Waals surface area contributed by atoms with E-state index in [1.165, 1.54) is 55.8 Å². The number of rotatable bonds is 6. The summed E-state index contributed by atoms with van der Waals surface area (Å²) in [5.41, 5.74) is 0.863. The van der Waals surface area contributed by atoms with Crippen molar-refractivity contribution in [3.63, 3.8) is 0 Å². The molecule has 0 saturated carbocycles. The van der Waals surface area contributed by atoms with Crippen LogP contribution in [-0.2, 0) is 16.6 Å². The molecular formula is C22H21N5O5S2. The Kier molecular flexibility index (Phi) is 6.21. The monoisotopic (exact) mass is 499 g/mol. The van der Waals surface area contributed by atoms with E-state index in [0.717, 1.165) is 8.87 Å². The fraction of sp³-hybridized carbons (Fsp3) is 0.182. The highest BCUT2D eigenvalue weighted by atomic mass is 32.2. The number of thiazole rings is 1. The summed E-state index contributed by atoms with van der Waals surface area (Å²) in [5, 5.41) is 5.11. The summed E-state index contributed by atoms with van der Waals surface area (Å²) in [5.74, 6) is -0.448. The number of hydrogen-bond donors (Lipinski definition) is 2. The van der Waals surface area contributed by atoms with E-state index in [2.05, 4.69) is 15.3 Å². The van der Waals surface area contributed by atoms with E-state index in [1.807, 2.05) is 0 Å². The van der Waals surface area contributed by atoms with E-state index in [0.29, 0.717) is 21.8 Å². The Hall–Kier alpha value is -3.61. The van der Waals surface area contributed by atoms with E-state index in [9.17, 15) is 22.8 Å². The van der Waals surface area contributed by atoms with Gasteiger partial charge in [0.25, 0.3) is 11.5 Å². The summed E-state index contributed by atoms with van der Waals surface area (Å²) >= 11 is 1.21. The minimum atomic E-state index is -3.53. The van der Waals surface area contributed by atoms with Crippen LogP contribution < -0.4 is 16.6 Å². The number of carbonyl (C=O) groups is 1. The van der Waals surface area contributed by atoms with Gasteiger partial charge in [-0.25, -0.2) is 22.5 Å². The zero-order chi connectivity index (χ0) is 24.6. The number of nitrogens with zero attached hydrogens (tertiary/aromatic N) is 3. The lowest BCUT2D eigenvalue weighted by atomic mass is 10.1. The number of nitrogens with one attached hydrogen (secondary N) is 2. The SMILES string of the molecule is CCn1c(=O)[nH]c2cc(C(=O)Nc3nc(-c4ccc(S(=O)(=O)N(C)C)cc4)cs3)ccc2c1=O. The Balaban J connectivity index is 1.55. The molecule has 1 amide bonds. The molecule has 0 atom stereocenters. The van der Waals surface area contributed by atoms with E-state index >= 15 is 0 Å². The van der Waals surface area contributed by atoms with Crippen LogP contribution in [0.15, 0.2) is 62.3 Å². The Labute approximate surface area is 198 Å². The van der Waals surface area contributed by atoms with Gasteiger partial charge in [-0.2, -0.15) is 0 Å². The van der Waals surface area contributed by atoms with Gasteiger partial charge in [0.05, 0.1) is 21.5 Å². The molecule has 10 nitrogen and oxygen atoms in total. The summed E-state index contributed by atoms with van der Waals surface area (Å²) in [4.78, 5) is 44.4. The normalized spacial score (nSPS) is 11.8. The van der Waals surface area contributed by atoms with E-state index in [4.69, 9.17) is 0 Å². The van der Waals surface area contributed by atoms with E-state index in [-0.39, 0.29) is 22.5 Å². The molecule has 12 heteroatoms. The van der Waals surface area contributed by atoms with Crippen LogP contribution in [0.5, 0.6) is 0 Å². The molecule has 2 heterocycles. The predicted octanol–water partition coefficient (Wildman–Crippen LogP) is 2.34. The molecule has 0 fully saturated rings. The topological polar surface area (TPSA) is 134 Å². The zero-order valence-electron chi connectivity index (χ0n) is 18.5. The van der Waals surface area contributed by atoms with Gasteiger partial charge in [-0.3, -0.25) is 19.5 Å². The van der Waals surface area contributed by atoms with E-state index in [1.54, 1.807) is 24.4 Å². The van der Waals surface area contributed by atoms with Crippen LogP contribution in [0.25, 0.3) is 22.2 Å². The standard InChI is InChI=1S/C22H21N5O5S2/c1-4-27-20(29)16-10-7-14(11-17(16)24-22(27)30)19(28)25-21-23-18(12-33-21)13-5-8-15(9-6-13)34(31,32)26(2)3/h5-12H,4H2,1-3H3,(H,24,30)(H,23,25,28). The van der Waals surface area contributed by atoms with Crippen molar-refractivity contribution >= 4 is 43.3 Å². The van der Waals surface area contributed by atoms with Crippen LogP contribution in [0.3, 0.4) is 0 Å². The van der Waals surface area contributed by atoms with Gasteiger partial charge in [-0.15, -0.1) is 11.3 Å². The highest BCUT2D eigenvalue weighted by molar-refractivity contribution is 7.89. The second-order valence-electron chi connectivity index (χ2n) is 7.54. The van der Waals surface area contributed by atoms with Crippen LogP contribution in [0.1, 0.15) is 17.3 Å². The van der Waals surface area contributed by atoms with Crippen molar-refractivity contribution in [3.8, 4) is 11.3 Å². The van der Waals surface area contributed by atoms with Crippen LogP contribution >= 0.6 is 11.3 Å². The number of benzene rings is 2. The lowest BCUT2D eigenvalue weighted by Gasteiger charge is -2.11. The second-order valence-corrected chi connectivity index (χ2v) is 10.6. The largest absolute Gasteiger partial charge is 0.328 e. The average Bonchev–Trinajstić information content (AvgIpc) is 3.27. The van der Waals surface area contributed by atoms with E-state index < -0.39 is 27.2 Å². The summed E-state index contributed by atoms with van der Waals surface area (Å²) in [6.45, 7) is 1.94. The summed E-state index contributed by atoms with van der Waals surface area (Å²) in [6, 6.07) is 10.8. The van der Waals surface area contributed by atoms with Crippen molar-refractivity contribution in [2.45, 2.75) is 18.4 Å². The molecule has 0 radical (unpaired) electrons. The number of hydrogen-bond acceptors (Lipinski definition) is 7. The van der Waals surface area contributed by atoms with Crippen molar-refractivity contribution in [1.29, 1.82) is 0 Å². The number of aromatic nitrogens is 3. The Morgan fingerprint density at radius 1 is 1.15 bits per heavy atom. The smallest absolute Gasteiger partial charge is 0.307 e. The number of anilines is 1. The molecular weight excluding hydrogens is 478 g/mol. The number of fused-ring (bicyclic) bond motifs is 1. The molecule has 0 spiro atoms. The first-order valence-electron chi connectivity index (χ1n) is 10.2. The first-order chi connectivity index (χ1) is 16.1. The molecule has 2 aromatic carbocycles. The van der Waals surface area contributed by atoms with Crippen molar-refractivity contribution < 1.29 is 13.2 Å². The Morgan fingerprint density at radius 3 is 2.50 bits per heavy atom. The van der Waals surface area contributed by atoms with Crippen molar-refractivity contribution in [2.75, 3.05) is 19.4 Å². The molecule has 0 aliphatic heterocycles. The Bertz CT molecular complexity index is 1620. The van der Waals surface area contributed by atoms with Crippen molar-refractivity contribution in [3.05, 3.63) is 74.2 Å². The third kappa shape index (κ3) is 4.30. The first-order valence-corrected chi connectivity index (χ1v) is 12.5. The highest BCUT2D eigenvalue weighted by Gasteiger charge is 2.17. The van der Waals surface area contributed by atoms with Gasteiger partial charge in [0.15, 0.2) is 5.13 Å². The third-order valence-corrected chi connectivity index (χ3v) is 7.80. The number of sulfonamides is 1. The zero-order valence-corrected chi connectivity index (χ0v) is 20.2. The lowest BCUT2D eigenvalue weighted by molar-refractivity contribution is 0.102. The molecule has 176 valence electrons. The maximum atomic E-state index is 12.7. The lowest BCUT2D eigenvalue weighted by Crippen LogP contribution is -2.34. The van der Waals surface area contributed by atoms with Gasteiger partial charge >= 0.3 is 5.69 Å². The molecule has 2 aromatic heterocycles. The molecule has 4 aromatic rings. The molecule has 0 saturated heterocycles. The first kappa shape index (κ1) is 23.5. The minimum absolute atomic E-state index is 0.171. The molecule has 4 rings (SSSR count). The number of amides is 1. The third-order valence-electron chi connectivity index (χ3n) is 5.21. The maximum Gasteiger partial charge on any atom is 0.328 e. The fourth-order valence-electron chi connectivity index (χ4n) is 3.32. The van der Waals surface area contributed by atoms with Gasteiger partial charge in [0.2, 0.25) is 10.0 Å².